The maximum absolute atomic E-state index is 3.76. The fourth-order valence-corrected chi connectivity index (χ4v) is 3.08. The Morgan fingerprint density at radius 1 is 1.10 bits per heavy atom. The molecule has 112 valence electrons. The highest BCUT2D eigenvalue weighted by Crippen LogP contribution is 2.21. The van der Waals surface area contributed by atoms with Gasteiger partial charge >= 0.3 is 0 Å². The summed E-state index contributed by atoms with van der Waals surface area (Å²) in [5.41, 5.74) is 1.43. The Hall–Kier alpha value is -0.860. The molecule has 1 aromatic carbocycles. The van der Waals surface area contributed by atoms with Gasteiger partial charge in [-0.15, -0.1) is 0 Å². The Bertz CT molecular complexity index is 355. The van der Waals surface area contributed by atoms with Crippen LogP contribution in [-0.2, 0) is 0 Å². The van der Waals surface area contributed by atoms with Crippen LogP contribution in [-0.4, -0.2) is 31.1 Å². The van der Waals surface area contributed by atoms with Crippen LogP contribution in [0.25, 0.3) is 0 Å². The standard InChI is InChI=1S/C18H30N2/c1-16(2)15-18(17-9-4-3-5-10-17)19-11-8-14-20-12-6-7-13-20/h3-5,9-10,16,18-19H,6-8,11-15H2,1-2H3. The summed E-state index contributed by atoms with van der Waals surface area (Å²) in [4.78, 5) is 2.60. The molecule has 1 fully saturated rings. The van der Waals surface area contributed by atoms with Crippen molar-refractivity contribution in [1.29, 1.82) is 0 Å². The normalized spacial score (nSPS) is 17.8. The summed E-state index contributed by atoms with van der Waals surface area (Å²) in [6.45, 7) is 9.63. The van der Waals surface area contributed by atoms with E-state index in [1.807, 2.05) is 0 Å². The molecule has 1 aliphatic heterocycles. The van der Waals surface area contributed by atoms with E-state index in [9.17, 15) is 0 Å². The zero-order valence-electron chi connectivity index (χ0n) is 13.1. The van der Waals surface area contributed by atoms with E-state index in [2.05, 4.69) is 54.4 Å². The van der Waals surface area contributed by atoms with Gasteiger partial charge in [-0.3, -0.25) is 0 Å². The predicted octanol–water partition coefficient (Wildman–Crippen LogP) is 3.85. The second-order valence-corrected chi connectivity index (χ2v) is 6.45. The van der Waals surface area contributed by atoms with Crippen LogP contribution in [0.4, 0.5) is 0 Å². The lowest BCUT2D eigenvalue weighted by molar-refractivity contribution is 0.323. The number of benzene rings is 1. The molecule has 1 saturated heterocycles. The highest BCUT2D eigenvalue weighted by Gasteiger charge is 2.13. The number of nitrogens with zero attached hydrogens (tertiary/aromatic N) is 1. The molecule has 0 bridgehead atoms. The van der Waals surface area contributed by atoms with Gasteiger partial charge in [-0.05, 0) is 63.3 Å². The second-order valence-electron chi connectivity index (χ2n) is 6.45. The number of hydrogen-bond acceptors (Lipinski definition) is 2. The fraction of sp³-hybridized carbons (Fsp3) is 0.667. The minimum Gasteiger partial charge on any atom is -0.310 e. The Morgan fingerprint density at radius 2 is 1.80 bits per heavy atom. The van der Waals surface area contributed by atoms with Gasteiger partial charge in [-0.25, -0.2) is 0 Å². The van der Waals surface area contributed by atoms with Crippen LogP contribution in [0.3, 0.4) is 0 Å². The zero-order valence-corrected chi connectivity index (χ0v) is 13.1. The average molecular weight is 274 g/mol. The van der Waals surface area contributed by atoms with Crippen molar-refractivity contribution in [1.82, 2.24) is 10.2 Å². The van der Waals surface area contributed by atoms with Crippen molar-refractivity contribution < 1.29 is 0 Å². The molecule has 1 N–H and O–H groups in total. The fourth-order valence-electron chi connectivity index (χ4n) is 3.08. The molecule has 2 heteroatoms. The molecule has 1 heterocycles. The Morgan fingerprint density at radius 3 is 2.45 bits per heavy atom. The van der Waals surface area contributed by atoms with Gasteiger partial charge in [0.15, 0.2) is 0 Å². The smallest absolute Gasteiger partial charge is 0.0322 e. The summed E-state index contributed by atoms with van der Waals surface area (Å²) in [6.07, 6.45) is 5.27. The van der Waals surface area contributed by atoms with E-state index < -0.39 is 0 Å². The van der Waals surface area contributed by atoms with Crippen molar-refractivity contribution in [3.63, 3.8) is 0 Å². The molecule has 20 heavy (non-hydrogen) atoms. The molecule has 2 nitrogen and oxygen atoms in total. The molecule has 0 radical (unpaired) electrons. The Balaban J connectivity index is 1.75. The molecule has 2 rings (SSSR count). The molecule has 0 amide bonds. The van der Waals surface area contributed by atoms with Crippen LogP contribution in [0, 0.1) is 5.92 Å². The molecule has 0 aromatic heterocycles. The van der Waals surface area contributed by atoms with Crippen molar-refractivity contribution >= 4 is 0 Å². The molecule has 1 unspecified atom stereocenters. The highest BCUT2D eigenvalue weighted by molar-refractivity contribution is 5.18. The van der Waals surface area contributed by atoms with Gasteiger partial charge in [-0.1, -0.05) is 44.2 Å². The van der Waals surface area contributed by atoms with Gasteiger partial charge < -0.3 is 10.2 Å². The quantitative estimate of drug-likeness (QED) is 0.724. The van der Waals surface area contributed by atoms with Crippen molar-refractivity contribution in [3.8, 4) is 0 Å². The lowest BCUT2D eigenvalue weighted by atomic mass is 9.97. The Labute approximate surface area is 124 Å². The van der Waals surface area contributed by atoms with Crippen LogP contribution in [0.2, 0.25) is 0 Å². The first-order valence-corrected chi connectivity index (χ1v) is 8.26. The maximum Gasteiger partial charge on any atom is 0.0322 e. The molecular weight excluding hydrogens is 244 g/mol. The molecule has 0 saturated carbocycles. The number of hydrogen-bond donors (Lipinski definition) is 1. The van der Waals surface area contributed by atoms with E-state index in [0.717, 1.165) is 12.5 Å². The topological polar surface area (TPSA) is 15.3 Å². The van der Waals surface area contributed by atoms with Gasteiger partial charge in [0.2, 0.25) is 0 Å². The minimum absolute atomic E-state index is 0.509. The minimum atomic E-state index is 0.509. The summed E-state index contributed by atoms with van der Waals surface area (Å²) in [6, 6.07) is 11.4. The monoisotopic (exact) mass is 274 g/mol. The summed E-state index contributed by atoms with van der Waals surface area (Å²) < 4.78 is 0. The SMILES string of the molecule is CC(C)CC(NCCCN1CCCC1)c1ccccc1. The first-order chi connectivity index (χ1) is 9.75. The molecule has 1 atom stereocenters. The van der Waals surface area contributed by atoms with Gasteiger partial charge in [0.05, 0.1) is 0 Å². The first kappa shape index (κ1) is 15.5. The van der Waals surface area contributed by atoms with Crippen LogP contribution in [0.1, 0.15) is 51.1 Å². The zero-order chi connectivity index (χ0) is 14.2. The lowest BCUT2D eigenvalue weighted by Gasteiger charge is -2.22. The van der Waals surface area contributed by atoms with Crippen LogP contribution >= 0.6 is 0 Å². The summed E-state index contributed by atoms with van der Waals surface area (Å²) in [5, 5.41) is 3.76. The summed E-state index contributed by atoms with van der Waals surface area (Å²) in [7, 11) is 0. The molecule has 0 spiro atoms. The predicted molar refractivity (Wildman–Crippen MR) is 86.9 cm³/mol. The van der Waals surface area contributed by atoms with E-state index >= 15 is 0 Å². The number of rotatable bonds is 8. The first-order valence-electron chi connectivity index (χ1n) is 8.26. The van der Waals surface area contributed by atoms with E-state index in [1.165, 1.54) is 50.9 Å². The summed E-state index contributed by atoms with van der Waals surface area (Å²) in [5.74, 6) is 0.728. The van der Waals surface area contributed by atoms with Crippen LogP contribution < -0.4 is 5.32 Å². The second kappa shape index (κ2) is 8.43. The van der Waals surface area contributed by atoms with Crippen molar-refractivity contribution in [3.05, 3.63) is 35.9 Å². The lowest BCUT2D eigenvalue weighted by Crippen LogP contribution is -2.28. The van der Waals surface area contributed by atoms with Crippen molar-refractivity contribution in [2.75, 3.05) is 26.2 Å². The Kier molecular flexibility index (Phi) is 6.55. The van der Waals surface area contributed by atoms with Crippen molar-refractivity contribution in [2.45, 2.75) is 45.6 Å². The third kappa shape index (κ3) is 5.26. The van der Waals surface area contributed by atoms with Gasteiger partial charge in [0, 0.05) is 6.04 Å². The third-order valence-corrected chi connectivity index (χ3v) is 4.15. The van der Waals surface area contributed by atoms with Gasteiger partial charge in [0.1, 0.15) is 0 Å². The molecule has 1 aliphatic rings. The average Bonchev–Trinajstić information content (AvgIpc) is 2.96. The third-order valence-electron chi connectivity index (χ3n) is 4.15. The number of likely N-dealkylation sites (tertiary alicyclic amines) is 1. The van der Waals surface area contributed by atoms with E-state index in [1.54, 1.807) is 0 Å². The molecule has 0 aliphatic carbocycles. The van der Waals surface area contributed by atoms with E-state index in [4.69, 9.17) is 0 Å². The molecule has 1 aromatic rings. The van der Waals surface area contributed by atoms with Crippen molar-refractivity contribution in [2.24, 2.45) is 5.92 Å². The molecular formula is C18H30N2. The van der Waals surface area contributed by atoms with Gasteiger partial charge in [0.25, 0.3) is 0 Å². The number of nitrogens with one attached hydrogen (secondary N) is 1. The van der Waals surface area contributed by atoms with Crippen LogP contribution in [0.5, 0.6) is 0 Å². The van der Waals surface area contributed by atoms with E-state index in [0.29, 0.717) is 6.04 Å². The highest BCUT2D eigenvalue weighted by atomic mass is 15.1. The summed E-state index contributed by atoms with van der Waals surface area (Å²) >= 11 is 0. The van der Waals surface area contributed by atoms with Gasteiger partial charge in [-0.2, -0.15) is 0 Å². The maximum atomic E-state index is 3.76. The van der Waals surface area contributed by atoms with Crippen LogP contribution in [0.15, 0.2) is 30.3 Å². The van der Waals surface area contributed by atoms with E-state index in [-0.39, 0.29) is 0 Å². The largest absolute Gasteiger partial charge is 0.310 e.